The lowest BCUT2D eigenvalue weighted by atomic mass is 9.99. The molecule has 17 heavy (non-hydrogen) atoms. The van der Waals surface area contributed by atoms with Crippen LogP contribution in [0.4, 0.5) is 5.69 Å². The van der Waals surface area contributed by atoms with E-state index in [0.29, 0.717) is 11.5 Å². The van der Waals surface area contributed by atoms with Crippen LogP contribution in [0.25, 0.3) is 0 Å². The number of hydrogen-bond donors (Lipinski definition) is 1. The Morgan fingerprint density at radius 3 is 2.47 bits per heavy atom. The number of benzene rings is 1. The van der Waals surface area contributed by atoms with E-state index >= 15 is 0 Å². The first-order valence-electron chi connectivity index (χ1n) is 6.38. The van der Waals surface area contributed by atoms with Crippen molar-refractivity contribution in [1.29, 1.82) is 0 Å². The standard InChI is InChI=1S/C15H23NO/c1-10-6-7-13(11(2)14(10)17-5)16-12(3)15(4)8-9-15/h6-7,12,16H,8-9H2,1-5H3. The second-order valence-electron chi connectivity index (χ2n) is 5.61. The second-order valence-corrected chi connectivity index (χ2v) is 5.61. The fraction of sp³-hybridized carbons (Fsp3) is 0.600. The van der Waals surface area contributed by atoms with Crippen molar-refractivity contribution in [1.82, 2.24) is 0 Å². The summed E-state index contributed by atoms with van der Waals surface area (Å²) in [6.07, 6.45) is 2.67. The van der Waals surface area contributed by atoms with E-state index in [9.17, 15) is 0 Å². The lowest BCUT2D eigenvalue weighted by molar-refractivity contribution is 0.408. The molecule has 1 aliphatic carbocycles. The third-order valence-electron chi connectivity index (χ3n) is 4.26. The molecule has 1 aliphatic rings. The zero-order valence-corrected chi connectivity index (χ0v) is 11.6. The smallest absolute Gasteiger partial charge is 0.126 e. The highest BCUT2D eigenvalue weighted by Crippen LogP contribution is 2.49. The average molecular weight is 233 g/mol. The summed E-state index contributed by atoms with van der Waals surface area (Å²) < 4.78 is 5.46. The van der Waals surface area contributed by atoms with Crippen molar-refractivity contribution in [3.8, 4) is 5.75 Å². The topological polar surface area (TPSA) is 21.3 Å². The van der Waals surface area contributed by atoms with Crippen LogP contribution < -0.4 is 10.1 Å². The van der Waals surface area contributed by atoms with Gasteiger partial charge in [-0.15, -0.1) is 0 Å². The summed E-state index contributed by atoms with van der Waals surface area (Å²) in [4.78, 5) is 0. The van der Waals surface area contributed by atoms with Crippen molar-refractivity contribution in [2.24, 2.45) is 5.41 Å². The Kier molecular flexibility index (Phi) is 3.07. The van der Waals surface area contributed by atoms with Crippen LogP contribution in [0, 0.1) is 19.3 Å². The number of anilines is 1. The summed E-state index contributed by atoms with van der Waals surface area (Å²) in [6.45, 7) is 8.83. The molecule has 0 amide bonds. The van der Waals surface area contributed by atoms with Gasteiger partial charge < -0.3 is 10.1 Å². The van der Waals surface area contributed by atoms with Crippen molar-refractivity contribution in [3.63, 3.8) is 0 Å². The van der Waals surface area contributed by atoms with Crippen LogP contribution in [0.3, 0.4) is 0 Å². The molecule has 0 spiro atoms. The predicted molar refractivity (Wildman–Crippen MR) is 72.9 cm³/mol. The first kappa shape index (κ1) is 12.3. The maximum atomic E-state index is 5.46. The molecule has 1 unspecified atom stereocenters. The predicted octanol–water partition coefficient (Wildman–Crippen LogP) is 3.91. The minimum Gasteiger partial charge on any atom is -0.496 e. The summed E-state index contributed by atoms with van der Waals surface area (Å²) >= 11 is 0. The molecule has 0 aliphatic heterocycles. The Labute approximate surface area is 104 Å². The van der Waals surface area contributed by atoms with Crippen molar-refractivity contribution in [2.75, 3.05) is 12.4 Å². The Bertz CT molecular complexity index is 421. The first-order chi connectivity index (χ1) is 7.98. The highest BCUT2D eigenvalue weighted by atomic mass is 16.5. The molecule has 2 rings (SSSR count). The van der Waals surface area contributed by atoms with Gasteiger partial charge in [-0.1, -0.05) is 13.0 Å². The molecule has 1 aromatic rings. The largest absolute Gasteiger partial charge is 0.496 e. The van der Waals surface area contributed by atoms with Crippen LogP contribution in [0.2, 0.25) is 0 Å². The van der Waals surface area contributed by atoms with Gasteiger partial charge in [0.05, 0.1) is 7.11 Å². The van der Waals surface area contributed by atoms with Crippen molar-refractivity contribution < 1.29 is 4.74 Å². The molecule has 94 valence electrons. The number of ether oxygens (including phenoxy) is 1. The highest BCUT2D eigenvalue weighted by molar-refractivity contribution is 5.60. The second kappa shape index (κ2) is 4.25. The van der Waals surface area contributed by atoms with Crippen LogP contribution in [-0.4, -0.2) is 13.2 Å². The van der Waals surface area contributed by atoms with Crippen LogP contribution in [-0.2, 0) is 0 Å². The number of rotatable bonds is 4. The maximum Gasteiger partial charge on any atom is 0.126 e. The van der Waals surface area contributed by atoms with E-state index in [1.54, 1.807) is 7.11 Å². The van der Waals surface area contributed by atoms with Crippen molar-refractivity contribution in [2.45, 2.75) is 46.6 Å². The highest BCUT2D eigenvalue weighted by Gasteiger charge is 2.42. The van der Waals surface area contributed by atoms with Gasteiger partial charge >= 0.3 is 0 Å². The zero-order valence-electron chi connectivity index (χ0n) is 11.6. The molecular weight excluding hydrogens is 210 g/mol. The Balaban J connectivity index is 2.21. The molecule has 0 aromatic heterocycles. The third-order valence-corrected chi connectivity index (χ3v) is 4.26. The molecule has 2 nitrogen and oxygen atoms in total. The van der Waals surface area contributed by atoms with Gasteiger partial charge in [0.15, 0.2) is 0 Å². The molecule has 1 aromatic carbocycles. The zero-order chi connectivity index (χ0) is 12.6. The lowest BCUT2D eigenvalue weighted by Gasteiger charge is -2.24. The third kappa shape index (κ3) is 2.26. The van der Waals surface area contributed by atoms with Gasteiger partial charge in [0.2, 0.25) is 0 Å². The summed E-state index contributed by atoms with van der Waals surface area (Å²) in [5, 5.41) is 3.63. The number of hydrogen-bond acceptors (Lipinski definition) is 2. The monoisotopic (exact) mass is 233 g/mol. The van der Waals surface area contributed by atoms with Gasteiger partial charge in [0.25, 0.3) is 0 Å². The first-order valence-corrected chi connectivity index (χ1v) is 6.38. The van der Waals surface area contributed by atoms with Crippen molar-refractivity contribution >= 4 is 5.69 Å². The average Bonchev–Trinajstić information content (AvgIpc) is 3.03. The summed E-state index contributed by atoms with van der Waals surface area (Å²) in [5.74, 6) is 1.00. The molecule has 1 atom stereocenters. The molecule has 2 heteroatoms. The Hall–Kier alpha value is -1.18. The van der Waals surface area contributed by atoms with Gasteiger partial charge in [-0.2, -0.15) is 0 Å². The van der Waals surface area contributed by atoms with E-state index in [1.165, 1.54) is 29.7 Å². The lowest BCUT2D eigenvalue weighted by Crippen LogP contribution is -2.25. The normalized spacial score (nSPS) is 18.6. The number of nitrogens with one attached hydrogen (secondary N) is 1. The van der Waals surface area contributed by atoms with E-state index in [-0.39, 0.29) is 0 Å². The van der Waals surface area contributed by atoms with E-state index in [1.807, 2.05) is 0 Å². The van der Waals surface area contributed by atoms with Gasteiger partial charge in [-0.25, -0.2) is 0 Å². The maximum absolute atomic E-state index is 5.46. The molecule has 0 bridgehead atoms. The Morgan fingerprint density at radius 1 is 1.29 bits per heavy atom. The molecule has 0 radical (unpaired) electrons. The summed E-state index contributed by atoms with van der Waals surface area (Å²) in [5.41, 5.74) is 4.10. The van der Waals surface area contributed by atoms with Gasteiger partial charge in [-0.3, -0.25) is 0 Å². The fourth-order valence-corrected chi connectivity index (χ4v) is 2.34. The molecule has 1 N–H and O–H groups in total. The molecular formula is C15H23NO. The SMILES string of the molecule is COc1c(C)ccc(NC(C)C2(C)CC2)c1C. The Morgan fingerprint density at radius 2 is 1.94 bits per heavy atom. The van der Waals surface area contributed by atoms with Crippen LogP contribution in [0.1, 0.15) is 37.8 Å². The van der Waals surface area contributed by atoms with Crippen LogP contribution in [0.5, 0.6) is 5.75 Å². The van der Waals surface area contributed by atoms with Crippen molar-refractivity contribution in [3.05, 3.63) is 23.3 Å². The number of aryl methyl sites for hydroxylation is 1. The van der Waals surface area contributed by atoms with E-state index < -0.39 is 0 Å². The quantitative estimate of drug-likeness (QED) is 0.851. The summed E-state index contributed by atoms with van der Waals surface area (Å²) in [7, 11) is 1.74. The van der Waals surface area contributed by atoms with Gasteiger partial charge in [0, 0.05) is 17.3 Å². The van der Waals surface area contributed by atoms with E-state index in [0.717, 1.165) is 5.75 Å². The molecule has 0 saturated heterocycles. The van der Waals surface area contributed by atoms with Crippen LogP contribution >= 0.6 is 0 Å². The summed E-state index contributed by atoms with van der Waals surface area (Å²) in [6, 6.07) is 4.81. The van der Waals surface area contributed by atoms with E-state index in [2.05, 4.69) is 45.1 Å². The number of methoxy groups -OCH3 is 1. The van der Waals surface area contributed by atoms with Crippen LogP contribution in [0.15, 0.2) is 12.1 Å². The fourth-order valence-electron chi connectivity index (χ4n) is 2.34. The molecule has 1 saturated carbocycles. The molecule has 0 heterocycles. The van der Waals surface area contributed by atoms with E-state index in [4.69, 9.17) is 4.74 Å². The minimum atomic E-state index is 0.491. The minimum absolute atomic E-state index is 0.491. The van der Waals surface area contributed by atoms with Gasteiger partial charge in [-0.05, 0) is 50.7 Å². The van der Waals surface area contributed by atoms with Gasteiger partial charge in [0.1, 0.15) is 5.75 Å². The molecule has 1 fully saturated rings.